The summed E-state index contributed by atoms with van der Waals surface area (Å²) in [4.78, 5) is 44.3. The minimum atomic E-state index is -0.670. The summed E-state index contributed by atoms with van der Waals surface area (Å²) in [6.45, 7) is 4.86. The van der Waals surface area contributed by atoms with Crippen molar-refractivity contribution in [3.63, 3.8) is 0 Å². The van der Waals surface area contributed by atoms with Gasteiger partial charge in [0.2, 0.25) is 5.95 Å². The Morgan fingerprint density at radius 2 is 2.03 bits per heavy atom. The van der Waals surface area contributed by atoms with Crippen LogP contribution in [0.15, 0.2) is 27.8 Å². The first-order chi connectivity index (χ1) is 14.2. The molecule has 0 saturated heterocycles. The van der Waals surface area contributed by atoms with Gasteiger partial charge < -0.3 is 14.2 Å². The first-order valence-corrected chi connectivity index (χ1v) is 9.91. The molecule has 0 saturated carbocycles. The monoisotopic (exact) mass is 431 g/mol. The number of anilines is 2. The molecule has 3 heterocycles. The fourth-order valence-corrected chi connectivity index (χ4v) is 4.08. The van der Waals surface area contributed by atoms with Crippen LogP contribution in [0.3, 0.4) is 0 Å². The molecule has 3 aromatic rings. The molecular weight excluding hydrogens is 410 g/mol. The number of fused-ring (bicyclic) bond motifs is 3. The Hall–Kier alpha value is -3.07. The molecule has 0 spiro atoms. The molecule has 30 heavy (non-hydrogen) atoms. The zero-order chi connectivity index (χ0) is 21.7. The van der Waals surface area contributed by atoms with Crippen LogP contribution in [0, 0.1) is 12.8 Å². The molecule has 1 aliphatic heterocycles. The number of benzene rings is 1. The summed E-state index contributed by atoms with van der Waals surface area (Å²) in [5, 5.41) is 0.601. The predicted molar refractivity (Wildman–Crippen MR) is 114 cm³/mol. The first-order valence-electron chi connectivity index (χ1n) is 9.53. The lowest BCUT2D eigenvalue weighted by atomic mass is 10.1. The van der Waals surface area contributed by atoms with Crippen LogP contribution in [0.1, 0.15) is 12.5 Å². The molecule has 4 rings (SSSR count). The third-order valence-corrected chi connectivity index (χ3v) is 5.65. The molecule has 0 aliphatic carbocycles. The topological polar surface area (TPSA) is 91.4 Å². The highest BCUT2D eigenvalue weighted by Crippen LogP contribution is 2.35. The fraction of sp³-hybridized carbons (Fsp3) is 0.400. The van der Waals surface area contributed by atoms with Crippen molar-refractivity contribution < 1.29 is 9.53 Å². The Bertz CT molecular complexity index is 1290. The third kappa shape index (κ3) is 3.09. The molecule has 10 heteroatoms. The highest BCUT2D eigenvalue weighted by atomic mass is 35.5. The minimum Gasteiger partial charge on any atom is -0.468 e. The molecule has 0 unspecified atom stereocenters. The summed E-state index contributed by atoms with van der Waals surface area (Å²) in [7, 11) is 2.75. The second-order valence-corrected chi connectivity index (χ2v) is 8.09. The minimum absolute atomic E-state index is 0.207. The molecule has 0 amide bonds. The Labute approximate surface area is 177 Å². The fourth-order valence-electron chi connectivity index (χ4n) is 3.91. The van der Waals surface area contributed by atoms with Crippen LogP contribution in [0.4, 0.5) is 11.6 Å². The van der Waals surface area contributed by atoms with Gasteiger partial charge in [0, 0.05) is 30.8 Å². The Morgan fingerprint density at radius 1 is 1.30 bits per heavy atom. The molecule has 1 aliphatic rings. The van der Waals surface area contributed by atoms with Crippen LogP contribution in [0.25, 0.3) is 11.2 Å². The standard InChI is InChI=1S/C20H22ClN5O4/c1-11-8-24(14-7-13(21)6-5-12(14)2)19-22-17-16(25(19)9-11)18(28)26(10-15(27)30-4)20(29)23(17)3/h5-7,11H,8-10H2,1-4H3/t11-/m1/s1. The van der Waals surface area contributed by atoms with E-state index in [1.165, 1.54) is 18.7 Å². The number of imidazole rings is 1. The number of carbonyl (C=O) groups excluding carboxylic acids is 1. The molecule has 2 aromatic heterocycles. The zero-order valence-electron chi connectivity index (χ0n) is 17.2. The van der Waals surface area contributed by atoms with Gasteiger partial charge >= 0.3 is 11.7 Å². The van der Waals surface area contributed by atoms with Crippen molar-refractivity contribution in [2.45, 2.75) is 26.9 Å². The maximum absolute atomic E-state index is 13.2. The number of aromatic nitrogens is 4. The molecule has 0 N–H and O–H groups in total. The molecule has 158 valence electrons. The lowest BCUT2D eigenvalue weighted by molar-refractivity contribution is -0.141. The van der Waals surface area contributed by atoms with Gasteiger partial charge in [-0.2, -0.15) is 4.98 Å². The number of ether oxygens (including phenoxy) is 1. The average Bonchev–Trinajstić information content (AvgIpc) is 3.10. The quantitative estimate of drug-likeness (QED) is 0.587. The van der Waals surface area contributed by atoms with Crippen LogP contribution in [-0.4, -0.2) is 38.3 Å². The van der Waals surface area contributed by atoms with Gasteiger partial charge in [-0.05, 0) is 30.5 Å². The first kappa shape index (κ1) is 20.2. The molecule has 9 nitrogen and oxygen atoms in total. The van der Waals surface area contributed by atoms with Gasteiger partial charge in [-0.3, -0.25) is 14.2 Å². The number of carbonyl (C=O) groups is 1. The molecule has 1 atom stereocenters. The summed E-state index contributed by atoms with van der Waals surface area (Å²) < 4.78 is 8.63. The normalized spacial score (nSPS) is 16.0. The maximum Gasteiger partial charge on any atom is 0.333 e. The summed E-state index contributed by atoms with van der Waals surface area (Å²) >= 11 is 6.24. The van der Waals surface area contributed by atoms with E-state index < -0.39 is 23.8 Å². The van der Waals surface area contributed by atoms with Crippen LogP contribution in [0.2, 0.25) is 5.02 Å². The van der Waals surface area contributed by atoms with Gasteiger partial charge in [0.15, 0.2) is 11.2 Å². The van der Waals surface area contributed by atoms with Crippen LogP contribution in [0.5, 0.6) is 0 Å². The Balaban J connectivity index is 2.01. The number of halogens is 1. The van der Waals surface area contributed by atoms with E-state index in [0.717, 1.165) is 15.8 Å². The SMILES string of the molecule is COC(=O)Cn1c(=O)c2c(nc3n2C[C@H](C)CN3c2cc(Cl)ccc2C)n(C)c1=O. The van der Waals surface area contributed by atoms with Crippen LogP contribution in [-0.2, 0) is 29.7 Å². The van der Waals surface area contributed by atoms with Gasteiger partial charge in [-0.15, -0.1) is 0 Å². The van der Waals surface area contributed by atoms with Gasteiger partial charge in [0.25, 0.3) is 5.56 Å². The highest BCUT2D eigenvalue weighted by Gasteiger charge is 2.30. The van der Waals surface area contributed by atoms with E-state index in [4.69, 9.17) is 11.6 Å². The number of nitrogens with zero attached hydrogens (tertiary/aromatic N) is 5. The Kier molecular flexibility index (Phi) is 4.93. The molecule has 1 aromatic carbocycles. The van der Waals surface area contributed by atoms with Gasteiger partial charge in [-0.25, -0.2) is 9.36 Å². The summed E-state index contributed by atoms with van der Waals surface area (Å²) in [6, 6.07) is 5.63. The maximum atomic E-state index is 13.2. The van der Waals surface area contributed by atoms with E-state index >= 15 is 0 Å². The van der Waals surface area contributed by atoms with Crippen molar-refractivity contribution in [2.75, 3.05) is 18.6 Å². The van der Waals surface area contributed by atoms with E-state index in [1.807, 2.05) is 34.6 Å². The number of methoxy groups -OCH3 is 1. The lowest BCUT2D eigenvalue weighted by Crippen LogP contribution is -2.42. The zero-order valence-corrected chi connectivity index (χ0v) is 17.9. The van der Waals surface area contributed by atoms with Crippen molar-refractivity contribution in [2.24, 2.45) is 13.0 Å². The molecule has 0 bridgehead atoms. The smallest absolute Gasteiger partial charge is 0.333 e. The van der Waals surface area contributed by atoms with Crippen molar-refractivity contribution in [3.05, 3.63) is 49.6 Å². The number of rotatable bonds is 3. The number of aryl methyl sites for hydroxylation is 2. The third-order valence-electron chi connectivity index (χ3n) is 5.42. The molecule has 0 fully saturated rings. The van der Waals surface area contributed by atoms with E-state index in [-0.39, 0.29) is 17.1 Å². The summed E-state index contributed by atoms with van der Waals surface area (Å²) in [5.74, 6) is 0.104. The second kappa shape index (κ2) is 7.32. The summed E-state index contributed by atoms with van der Waals surface area (Å²) in [6.07, 6.45) is 0. The van der Waals surface area contributed by atoms with Gasteiger partial charge in [0.1, 0.15) is 6.54 Å². The number of hydrogen-bond acceptors (Lipinski definition) is 6. The summed E-state index contributed by atoms with van der Waals surface area (Å²) in [5.41, 5.74) is 1.29. The Morgan fingerprint density at radius 3 is 2.73 bits per heavy atom. The molecule has 0 radical (unpaired) electrons. The van der Waals surface area contributed by atoms with E-state index in [1.54, 1.807) is 0 Å². The van der Waals surface area contributed by atoms with E-state index in [0.29, 0.717) is 24.1 Å². The second-order valence-electron chi connectivity index (χ2n) is 7.65. The number of esters is 1. The predicted octanol–water partition coefficient (Wildman–Crippen LogP) is 1.82. The van der Waals surface area contributed by atoms with Crippen molar-refractivity contribution in [1.82, 2.24) is 18.7 Å². The van der Waals surface area contributed by atoms with Gasteiger partial charge in [-0.1, -0.05) is 24.6 Å². The van der Waals surface area contributed by atoms with Crippen molar-refractivity contribution in [3.8, 4) is 0 Å². The van der Waals surface area contributed by atoms with E-state index in [9.17, 15) is 14.4 Å². The molecular formula is C20H22ClN5O4. The van der Waals surface area contributed by atoms with Gasteiger partial charge in [0.05, 0.1) is 7.11 Å². The largest absolute Gasteiger partial charge is 0.468 e. The average molecular weight is 432 g/mol. The van der Waals surface area contributed by atoms with Crippen LogP contribution >= 0.6 is 11.6 Å². The number of hydrogen-bond donors (Lipinski definition) is 0. The van der Waals surface area contributed by atoms with Crippen LogP contribution < -0.4 is 16.1 Å². The van der Waals surface area contributed by atoms with Crippen molar-refractivity contribution in [1.29, 1.82) is 0 Å². The lowest BCUT2D eigenvalue weighted by Gasteiger charge is -2.33. The van der Waals surface area contributed by atoms with Crippen molar-refractivity contribution >= 4 is 40.4 Å². The van der Waals surface area contributed by atoms with E-state index in [2.05, 4.69) is 16.6 Å². The highest BCUT2D eigenvalue weighted by molar-refractivity contribution is 6.30.